The van der Waals surface area contributed by atoms with Gasteiger partial charge in [-0.25, -0.2) is 4.98 Å². The van der Waals surface area contributed by atoms with Crippen LogP contribution in [0.5, 0.6) is 5.88 Å². The summed E-state index contributed by atoms with van der Waals surface area (Å²) < 4.78 is 16.0. The topological polar surface area (TPSA) is 52.6 Å². The Hall–Kier alpha value is -1.17. The maximum Gasteiger partial charge on any atom is 0.213 e. The van der Waals surface area contributed by atoms with E-state index in [1.165, 1.54) is 5.56 Å². The van der Waals surface area contributed by atoms with Crippen molar-refractivity contribution in [2.24, 2.45) is 0 Å². The van der Waals surface area contributed by atoms with E-state index in [1.807, 2.05) is 13.0 Å². The van der Waals surface area contributed by atoms with Crippen LogP contribution in [0.3, 0.4) is 0 Å². The van der Waals surface area contributed by atoms with Crippen LogP contribution in [0.4, 0.5) is 0 Å². The number of nitrogens with zero attached hydrogens (tertiary/aromatic N) is 1. The standard InChI is InChI=1S/C16H28N2O3/c1-13(2)17-12-15-10-14(3)18-16(11-15)21-7-5-6-20-9-8-19-4/h10-11,13,17H,5-9,12H2,1-4H3. The third kappa shape index (κ3) is 8.65. The highest BCUT2D eigenvalue weighted by Crippen LogP contribution is 2.13. The lowest BCUT2D eigenvalue weighted by molar-refractivity contribution is 0.0642. The van der Waals surface area contributed by atoms with Gasteiger partial charge in [0.05, 0.1) is 19.8 Å². The van der Waals surface area contributed by atoms with Crippen LogP contribution in [0.1, 0.15) is 31.5 Å². The number of pyridine rings is 1. The number of methoxy groups -OCH3 is 1. The quantitative estimate of drug-likeness (QED) is 0.635. The lowest BCUT2D eigenvalue weighted by Gasteiger charge is -2.11. The molecule has 0 fully saturated rings. The van der Waals surface area contributed by atoms with Crippen molar-refractivity contribution >= 4 is 0 Å². The van der Waals surface area contributed by atoms with Crippen LogP contribution in [-0.4, -0.2) is 44.6 Å². The molecule has 0 aliphatic rings. The Morgan fingerprint density at radius 2 is 1.95 bits per heavy atom. The summed E-state index contributed by atoms with van der Waals surface area (Å²) in [6.45, 7) is 9.63. The average Bonchev–Trinajstić information content (AvgIpc) is 2.44. The fourth-order valence-electron chi connectivity index (χ4n) is 1.79. The van der Waals surface area contributed by atoms with Crippen LogP contribution < -0.4 is 10.1 Å². The number of nitrogens with one attached hydrogen (secondary N) is 1. The molecule has 5 nitrogen and oxygen atoms in total. The van der Waals surface area contributed by atoms with E-state index in [-0.39, 0.29) is 0 Å². The van der Waals surface area contributed by atoms with E-state index in [0.29, 0.717) is 38.3 Å². The molecule has 0 saturated carbocycles. The second-order valence-electron chi connectivity index (χ2n) is 5.30. The zero-order chi connectivity index (χ0) is 15.5. The minimum absolute atomic E-state index is 0.465. The van der Waals surface area contributed by atoms with Crippen LogP contribution >= 0.6 is 0 Å². The summed E-state index contributed by atoms with van der Waals surface area (Å²) in [4.78, 5) is 4.40. The molecule has 1 heterocycles. The fraction of sp³-hybridized carbons (Fsp3) is 0.688. The summed E-state index contributed by atoms with van der Waals surface area (Å²) in [6, 6.07) is 4.54. The largest absolute Gasteiger partial charge is 0.478 e. The van der Waals surface area contributed by atoms with Gasteiger partial charge in [0.25, 0.3) is 0 Å². The van der Waals surface area contributed by atoms with Crippen molar-refractivity contribution in [2.45, 2.75) is 39.8 Å². The second-order valence-corrected chi connectivity index (χ2v) is 5.30. The van der Waals surface area contributed by atoms with Crippen LogP contribution in [0.2, 0.25) is 0 Å². The lowest BCUT2D eigenvalue weighted by Crippen LogP contribution is -2.22. The monoisotopic (exact) mass is 296 g/mol. The fourth-order valence-corrected chi connectivity index (χ4v) is 1.79. The molecule has 0 amide bonds. The third-order valence-corrected chi connectivity index (χ3v) is 2.82. The molecule has 1 rings (SSSR count). The minimum Gasteiger partial charge on any atom is -0.478 e. The van der Waals surface area contributed by atoms with E-state index in [2.05, 4.69) is 30.2 Å². The first-order valence-electron chi connectivity index (χ1n) is 7.52. The van der Waals surface area contributed by atoms with Gasteiger partial charge in [0.1, 0.15) is 0 Å². The maximum atomic E-state index is 5.69. The van der Waals surface area contributed by atoms with Crippen molar-refractivity contribution in [1.29, 1.82) is 0 Å². The molecular weight excluding hydrogens is 268 g/mol. The molecule has 1 aromatic heterocycles. The van der Waals surface area contributed by atoms with E-state index in [1.54, 1.807) is 7.11 Å². The molecule has 0 unspecified atom stereocenters. The van der Waals surface area contributed by atoms with Crippen molar-refractivity contribution < 1.29 is 14.2 Å². The molecule has 1 aromatic rings. The van der Waals surface area contributed by atoms with Crippen LogP contribution in [0.25, 0.3) is 0 Å². The highest BCUT2D eigenvalue weighted by Gasteiger charge is 2.02. The molecule has 0 aliphatic carbocycles. The number of hydrogen-bond acceptors (Lipinski definition) is 5. The smallest absolute Gasteiger partial charge is 0.213 e. The van der Waals surface area contributed by atoms with Crippen molar-refractivity contribution in [3.63, 3.8) is 0 Å². The van der Waals surface area contributed by atoms with Gasteiger partial charge in [0.2, 0.25) is 5.88 Å². The molecule has 5 heteroatoms. The van der Waals surface area contributed by atoms with Gasteiger partial charge in [-0.05, 0) is 18.6 Å². The first kappa shape index (κ1) is 17.9. The van der Waals surface area contributed by atoms with Crippen LogP contribution in [-0.2, 0) is 16.0 Å². The second kappa shape index (κ2) is 10.5. The highest BCUT2D eigenvalue weighted by atomic mass is 16.5. The third-order valence-electron chi connectivity index (χ3n) is 2.82. The van der Waals surface area contributed by atoms with Crippen LogP contribution in [0, 0.1) is 6.92 Å². The molecule has 0 spiro atoms. The van der Waals surface area contributed by atoms with Crippen molar-refractivity contribution in [3.05, 3.63) is 23.4 Å². The Morgan fingerprint density at radius 3 is 2.67 bits per heavy atom. The molecule has 1 N–H and O–H groups in total. The zero-order valence-electron chi connectivity index (χ0n) is 13.6. The number of ether oxygens (including phenoxy) is 3. The average molecular weight is 296 g/mol. The van der Waals surface area contributed by atoms with E-state index >= 15 is 0 Å². The summed E-state index contributed by atoms with van der Waals surface area (Å²) in [6.07, 6.45) is 0.846. The van der Waals surface area contributed by atoms with Crippen molar-refractivity contribution in [3.8, 4) is 5.88 Å². The molecule has 0 aliphatic heterocycles. The summed E-state index contributed by atoms with van der Waals surface area (Å²) in [5.74, 6) is 0.687. The molecule has 0 radical (unpaired) electrons. The number of aryl methyl sites for hydroxylation is 1. The van der Waals surface area contributed by atoms with Gasteiger partial charge in [-0.2, -0.15) is 0 Å². The van der Waals surface area contributed by atoms with E-state index in [9.17, 15) is 0 Å². The van der Waals surface area contributed by atoms with Gasteiger partial charge in [0, 0.05) is 44.5 Å². The zero-order valence-corrected chi connectivity index (χ0v) is 13.6. The molecule has 21 heavy (non-hydrogen) atoms. The Bertz CT molecular complexity index is 397. The Labute approximate surface area is 128 Å². The van der Waals surface area contributed by atoms with Crippen molar-refractivity contribution in [2.75, 3.05) is 33.5 Å². The molecule has 0 bridgehead atoms. The lowest BCUT2D eigenvalue weighted by atomic mass is 10.2. The van der Waals surface area contributed by atoms with Crippen molar-refractivity contribution in [1.82, 2.24) is 10.3 Å². The number of rotatable bonds is 11. The predicted molar refractivity (Wildman–Crippen MR) is 83.8 cm³/mol. The van der Waals surface area contributed by atoms with E-state index < -0.39 is 0 Å². The van der Waals surface area contributed by atoms with Gasteiger partial charge >= 0.3 is 0 Å². The summed E-state index contributed by atoms with van der Waals surface area (Å²) >= 11 is 0. The normalized spacial score (nSPS) is 11.1. The Kier molecular flexibility index (Phi) is 8.98. The van der Waals surface area contributed by atoms with Gasteiger partial charge in [0.15, 0.2) is 0 Å². The molecular formula is C16H28N2O3. The summed E-state index contributed by atoms with van der Waals surface area (Å²) in [7, 11) is 1.67. The maximum absolute atomic E-state index is 5.69. The van der Waals surface area contributed by atoms with Gasteiger partial charge < -0.3 is 19.5 Å². The predicted octanol–water partition coefficient (Wildman–Crippen LogP) is 2.32. The highest BCUT2D eigenvalue weighted by molar-refractivity contribution is 5.24. The van der Waals surface area contributed by atoms with Gasteiger partial charge in [-0.3, -0.25) is 0 Å². The summed E-state index contributed by atoms with van der Waals surface area (Å²) in [5, 5.41) is 3.40. The number of aromatic nitrogens is 1. The minimum atomic E-state index is 0.465. The van der Waals surface area contributed by atoms with Gasteiger partial charge in [-0.1, -0.05) is 13.8 Å². The number of hydrogen-bond donors (Lipinski definition) is 1. The molecule has 120 valence electrons. The molecule has 0 aromatic carbocycles. The Morgan fingerprint density at radius 1 is 1.14 bits per heavy atom. The van der Waals surface area contributed by atoms with E-state index in [4.69, 9.17) is 14.2 Å². The molecule has 0 saturated heterocycles. The van der Waals surface area contributed by atoms with E-state index in [0.717, 1.165) is 18.7 Å². The SMILES string of the molecule is COCCOCCCOc1cc(CNC(C)C)cc(C)n1. The summed E-state index contributed by atoms with van der Waals surface area (Å²) in [5.41, 5.74) is 2.17. The Balaban J connectivity index is 2.30. The van der Waals surface area contributed by atoms with Gasteiger partial charge in [-0.15, -0.1) is 0 Å². The molecule has 0 atom stereocenters. The van der Waals surface area contributed by atoms with Crippen LogP contribution in [0.15, 0.2) is 12.1 Å². The first-order chi connectivity index (χ1) is 10.1. The first-order valence-corrected chi connectivity index (χ1v) is 7.52.